The van der Waals surface area contributed by atoms with Gasteiger partial charge in [-0.2, -0.15) is 0 Å². The van der Waals surface area contributed by atoms with Gasteiger partial charge >= 0.3 is 6.03 Å². The van der Waals surface area contributed by atoms with E-state index in [0.717, 1.165) is 16.0 Å². The Morgan fingerprint density at radius 2 is 1.93 bits per heavy atom. The van der Waals surface area contributed by atoms with E-state index in [2.05, 4.69) is 4.98 Å². The number of halogens is 1. The van der Waals surface area contributed by atoms with Crippen LogP contribution in [0.2, 0.25) is 0 Å². The molecule has 1 aliphatic rings. The van der Waals surface area contributed by atoms with Crippen molar-refractivity contribution in [3.05, 3.63) is 77.7 Å². The van der Waals surface area contributed by atoms with Crippen LogP contribution >= 0.6 is 10.7 Å². The number of carbonyl (C=O) groups is 1. The van der Waals surface area contributed by atoms with Gasteiger partial charge in [0.25, 0.3) is 0 Å². The number of hydrogen-bond acceptors (Lipinski definition) is 3. The highest BCUT2D eigenvalue weighted by Crippen LogP contribution is 2.47. The molecule has 7 heteroatoms. The molecule has 1 aliphatic heterocycles. The summed E-state index contributed by atoms with van der Waals surface area (Å²) in [6.07, 6.45) is 1.61. The summed E-state index contributed by atoms with van der Waals surface area (Å²) < 4.78 is 21.8. The zero-order chi connectivity index (χ0) is 21.3. The predicted molar refractivity (Wildman–Crippen MR) is 120 cm³/mol. The van der Waals surface area contributed by atoms with Crippen LogP contribution in [0, 0.1) is 12.7 Å². The lowest BCUT2D eigenvalue weighted by molar-refractivity contribution is 0.254. The Balaban J connectivity index is 1.87. The Morgan fingerprint density at radius 1 is 1.13 bits per heavy atom. The van der Waals surface area contributed by atoms with Crippen LogP contribution in [0.25, 0.3) is 0 Å². The number of methoxy groups -OCH3 is 1. The Kier molecular flexibility index (Phi) is 5.55. The smallest absolute Gasteiger partial charge is 0.339 e. The molecule has 2 amide bonds. The van der Waals surface area contributed by atoms with Crippen molar-refractivity contribution in [3.63, 3.8) is 0 Å². The Hall–Kier alpha value is -3.19. The average Bonchev–Trinajstić information content (AvgIpc) is 2.76. The molecule has 1 aromatic heterocycles. The highest BCUT2D eigenvalue weighted by molar-refractivity contribution is 8.17. The van der Waals surface area contributed by atoms with Gasteiger partial charge in [-0.25, -0.2) is 18.5 Å². The van der Waals surface area contributed by atoms with Crippen molar-refractivity contribution in [2.45, 2.75) is 25.3 Å². The maximum absolute atomic E-state index is 15.0. The molecule has 2 heterocycles. The quantitative estimate of drug-likeness (QED) is 0.517. The lowest BCUT2D eigenvalue weighted by Crippen LogP contribution is -2.44. The molecule has 0 bridgehead atoms. The van der Waals surface area contributed by atoms with E-state index in [9.17, 15) is 9.18 Å². The van der Waals surface area contributed by atoms with Gasteiger partial charge in [0.15, 0.2) is 0 Å². The van der Waals surface area contributed by atoms with Gasteiger partial charge in [-0.1, -0.05) is 41.0 Å². The maximum Gasteiger partial charge on any atom is 0.339 e. The zero-order valence-electron chi connectivity index (χ0n) is 17.0. The van der Waals surface area contributed by atoms with E-state index in [1.165, 1.54) is 11.0 Å². The minimum atomic E-state index is -0.752. The van der Waals surface area contributed by atoms with Gasteiger partial charge in [0.1, 0.15) is 5.82 Å². The summed E-state index contributed by atoms with van der Waals surface area (Å²) in [7, 11) is 0.791. The maximum atomic E-state index is 15.0. The molecular weight excluding hydrogens is 401 g/mol. The number of ether oxygens (including phenoxy) is 1. The lowest BCUT2D eigenvalue weighted by Gasteiger charge is -2.39. The molecule has 2 aromatic carbocycles. The molecule has 3 aromatic rings. The number of aromatic nitrogens is 1. The Labute approximate surface area is 177 Å². The van der Waals surface area contributed by atoms with Crippen LogP contribution in [0.1, 0.15) is 18.1 Å². The molecule has 0 fully saturated rings. The highest BCUT2D eigenvalue weighted by Gasteiger charge is 2.36. The van der Waals surface area contributed by atoms with E-state index in [1.807, 2.05) is 49.5 Å². The number of amides is 2. The fraction of sp³-hybridized carbons (Fsp3) is 0.174. The van der Waals surface area contributed by atoms with Gasteiger partial charge in [0.05, 0.1) is 31.2 Å². The largest absolute Gasteiger partial charge is 0.481 e. The number of anilines is 2. The number of carbonyl (C=O) groups excluding carboxylic acids is 1. The third-order valence-corrected chi connectivity index (χ3v) is 7.01. The van der Waals surface area contributed by atoms with E-state index < -0.39 is 16.5 Å². The van der Waals surface area contributed by atoms with Gasteiger partial charge in [-0.3, -0.25) is 4.90 Å². The lowest BCUT2D eigenvalue weighted by atomic mass is 10.1. The van der Waals surface area contributed by atoms with Crippen LogP contribution in [0.4, 0.5) is 20.6 Å². The summed E-state index contributed by atoms with van der Waals surface area (Å²) in [5.74, 6) is 0.0630. The van der Waals surface area contributed by atoms with Crippen molar-refractivity contribution in [1.29, 1.82) is 0 Å². The summed E-state index contributed by atoms with van der Waals surface area (Å²) in [6, 6.07) is 16.0. The van der Waals surface area contributed by atoms with E-state index in [-0.39, 0.29) is 12.6 Å². The summed E-state index contributed by atoms with van der Waals surface area (Å²) in [5.41, 5.74) is 2.99. The second-order valence-electron chi connectivity index (χ2n) is 6.79. The van der Waals surface area contributed by atoms with Crippen molar-refractivity contribution in [2.24, 2.45) is 0 Å². The first kappa shape index (κ1) is 20.1. The molecule has 30 heavy (non-hydrogen) atoms. The normalized spacial score (nSPS) is 16.0. The van der Waals surface area contributed by atoms with Crippen LogP contribution in [0.3, 0.4) is 0 Å². The van der Waals surface area contributed by atoms with Gasteiger partial charge in [-0.05, 0) is 48.5 Å². The van der Waals surface area contributed by atoms with Crippen molar-refractivity contribution >= 4 is 33.4 Å². The second-order valence-corrected chi connectivity index (χ2v) is 8.69. The van der Waals surface area contributed by atoms with Crippen LogP contribution in [-0.4, -0.2) is 23.5 Å². The number of urea groups is 1. The number of fused-ring (bicyclic) bond motifs is 1. The molecule has 4 rings (SSSR count). The van der Waals surface area contributed by atoms with E-state index in [4.69, 9.17) is 4.74 Å². The molecule has 1 unspecified atom stereocenters. The first-order valence-corrected chi connectivity index (χ1v) is 10.8. The van der Waals surface area contributed by atoms with Crippen molar-refractivity contribution in [1.82, 2.24) is 4.98 Å². The van der Waals surface area contributed by atoms with Crippen molar-refractivity contribution in [2.75, 3.05) is 16.3 Å². The van der Waals surface area contributed by atoms with Gasteiger partial charge in [0, 0.05) is 11.0 Å². The van der Waals surface area contributed by atoms with E-state index in [1.54, 1.807) is 35.8 Å². The minimum absolute atomic E-state index is 0.278. The molecule has 0 N–H and O–H groups in total. The van der Waals surface area contributed by atoms with Gasteiger partial charge in [-0.15, -0.1) is 0 Å². The van der Waals surface area contributed by atoms with Crippen LogP contribution in [0.5, 0.6) is 5.88 Å². The van der Waals surface area contributed by atoms with Gasteiger partial charge < -0.3 is 4.74 Å². The number of para-hydroxylation sites is 1. The number of benzene rings is 2. The number of hydrogen-bond donors (Lipinski definition) is 0. The number of nitrogens with zero attached hydrogens (tertiary/aromatic N) is 3. The monoisotopic (exact) mass is 423 g/mol. The first-order chi connectivity index (χ1) is 14.5. The molecule has 154 valence electrons. The SMILES string of the molecule is C/C=S1\c2cccc(F)c2N(Cc2ccccc2C)C(=O)N1c1ccc(OC)nc1. The van der Waals surface area contributed by atoms with Crippen molar-refractivity contribution in [3.8, 4) is 5.88 Å². The summed E-state index contributed by atoms with van der Waals surface area (Å²) in [5, 5.41) is 1.92. The highest BCUT2D eigenvalue weighted by atomic mass is 32.2. The number of pyridine rings is 1. The molecule has 0 saturated carbocycles. The Morgan fingerprint density at radius 3 is 2.60 bits per heavy atom. The summed E-state index contributed by atoms with van der Waals surface area (Å²) in [4.78, 5) is 20.2. The molecule has 0 spiro atoms. The van der Waals surface area contributed by atoms with Crippen molar-refractivity contribution < 1.29 is 13.9 Å². The number of rotatable bonds is 4. The average molecular weight is 424 g/mol. The molecule has 0 aliphatic carbocycles. The van der Waals surface area contributed by atoms with E-state index >= 15 is 0 Å². The van der Waals surface area contributed by atoms with Crippen LogP contribution in [-0.2, 0) is 6.54 Å². The first-order valence-electron chi connectivity index (χ1n) is 9.52. The molecule has 0 saturated heterocycles. The van der Waals surface area contributed by atoms with E-state index in [0.29, 0.717) is 17.3 Å². The molecule has 5 nitrogen and oxygen atoms in total. The summed E-state index contributed by atoms with van der Waals surface area (Å²) in [6.45, 7) is 4.15. The summed E-state index contributed by atoms with van der Waals surface area (Å²) >= 11 is 0. The third kappa shape index (κ3) is 3.45. The molecule has 1 atom stereocenters. The Bertz CT molecular complexity index is 1130. The third-order valence-electron chi connectivity index (χ3n) is 5.02. The van der Waals surface area contributed by atoms with Gasteiger partial charge in [0.2, 0.25) is 5.88 Å². The topological polar surface area (TPSA) is 45.7 Å². The standard InChI is InChI=1S/C23H22FN3O2S/c1-4-30-20-11-7-10-19(24)22(20)26(15-17-9-6-5-8-16(17)2)23(28)27(30)18-12-13-21(29-3)25-14-18/h4-14H,15H2,1-3H3. The van der Waals surface area contributed by atoms with Crippen LogP contribution in [0.15, 0.2) is 65.7 Å². The zero-order valence-corrected chi connectivity index (χ0v) is 17.8. The number of aryl methyl sites for hydroxylation is 1. The predicted octanol–water partition coefficient (Wildman–Crippen LogP) is 5.55. The fourth-order valence-electron chi connectivity index (χ4n) is 3.49. The molecular formula is C23H22FN3O2S. The second kappa shape index (κ2) is 8.28. The van der Waals surface area contributed by atoms with Crippen LogP contribution < -0.4 is 13.9 Å². The minimum Gasteiger partial charge on any atom is -0.481 e. The molecule has 0 radical (unpaired) electrons. The fourth-order valence-corrected chi connectivity index (χ4v) is 5.38.